The molecular weight excluding hydrogens is 215 g/mol. The van der Waals surface area contributed by atoms with Crippen LogP contribution in [0.15, 0.2) is 0 Å². The van der Waals surface area contributed by atoms with E-state index in [1.54, 1.807) is 6.92 Å². The SMILES string of the molecule is CC[C@@H](C)[C@H](NC(=O)C(F)(F)F)C(=O)O. The van der Waals surface area contributed by atoms with Gasteiger partial charge in [-0.1, -0.05) is 20.3 Å². The van der Waals surface area contributed by atoms with Gasteiger partial charge in [-0.15, -0.1) is 0 Å². The molecule has 0 aromatic rings. The van der Waals surface area contributed by atoms with Gasteiger partial charge in [-0.25, -0.2) is 4.79 Å². The lowest BCUT2D eigenvalue weighted by molar-refractivity contribution is -0.176. The molecule has 15 heavy (non-hydrogen) atoms. The Morgan fingerprint density at radius 1 is 1.40 bits per heavy atom. The summed E-state index contributed by atoms with van der Waals surface area (Å²) in [5.74, 6) is -4.26. The highest BCUT2D eigenvalue weighted by atomic mass is 19.4. The Hall–Kier alpha value is -1.27. The Bertz CT molecular complexity index is 252. The highest BCUT2D eigenvalue weighted by molar-refractivity contribution is 5.87. The van der Waals surface area contributed by atoms with Gasteiger partial charge in [-0.2, -0.15) is 13.2 Å². The van der Waals surface area contributed by atoms with Crippen LogP contribution in [0.25, 0.3) is 0 Å². The van der Waals surface area contributed by atoms with Crippen molar-refractivity contribution in [2.24, 2.45) is 5.92 Å². The number of hydrogen-bond donors (Lipinski definition) is 2. The monoisotopic (exact) mass is 227 g/mol. The zero-order valence-corrected chi connectivity index (χ0v) is 8.26. The predicted octanol–water partition coefficient (Wildman–Crippen LogP) is 1.16. The molecule has 0 spiro atoms. The maximum absolute atomic E-state index is 11.8. The van der Waals surface area contributed by atoms with Crippen molar-refractivity contribution < 1.29 is 27.9 Å². The number of rotatable bonds is 4. The molecule has 0 aromatic carbocycles. The van der Waals surface area contributed by atoms with E-state index in [2.05, 4.69) is 0 Å². The van der Waals surface area contributed by atoms with Crippen LogP contribution in [0.1, 0.15) is 20.3 Å². The zero-order valence-electron chi connectivity index (χ0n) is 8.26. The second-order valence-corrected chi connectivity index (χ2v) is 3.17. The van der Waals surface area contributed by atoms with Crippen molar-refractivity contribution in [2.45, 2.75) is 32.5 Å². The average molecular weight is 227 g/mol. The number of carbonyl (C=O) groups is 2. The van der Waals surface area contributed by atoms with E-state index in [-0.39, 0.29) is 0 Å². The summed E-state index contributed by atoms with van der Waals surface area (Å²) in [6.45, 7) is 3.08. The molecule has 0 bridgehead atoms. The maximum Gasteiger partial charge on any atom is 0.471 e. The number of nitrogens with one attached hydrogen (secondary N) is 1. The summed E-state index contributed by atoms with van der Waals surface area (Å²) < 4.78 is 35.5. The summed E-state index contributed by atoms with van der Waals surface area (Å²) >= 11 is 0. The first-order valence-electron chi connectivity index (χ1n) is 4.30. The molecule has 0 radical (unpaired) electrons. The number of carboxylic acid groups (broad SMARTS) is 1. The quantitative estimate of drug-likeness (QED) is 0.757. The smallest absolute Gasteiger partial charge is 0.471 e. The third kappa shape index (κ3) is 4.18. The lowest BCUT2D eigenvalue weighted by Crippen LogP contribution is -2.49. The van der Waals surface area contributed by atoms with Gasteiger partial charge in [0.25, 0.3) is 0 Å². The first-order chi connectivity index (χ1) is 6.70. The number of halogens is 3. The Morgan fingerprint density at radius 3 is 2.13 bits per heavy atom. The van der Waals surface area contributed by atoms with Gasteiger partial charge in [0, 0.05) is 0 Å². The first kappa shape index (κ1) is 13.7. The van der Waals surface area contributed by atoms with Gasteiger partial charge in [-0.3, -0.25) is 4.79 Å². The number of carbonyl (C=O) groups excluding carboxylic acids is 1. The second-order valence-electron chi connectivity index (χ2n) is 3.17. The van der Waals surface area contributed by atoms with Crippen LogP contribution in [0.3, 0.4) is 0 Å². The van der Waals surface area contributed by atoms with Crippen molar-refractivity contribution in [1.82, 2.24) is 5.32 Å². The fraction of sp³-hybridized carbons (Fsp3) is 0.750. The van der Waals surface area contributed by atoms with Gasteiger partial charge in [0.2, 0.25) is 0 Å². The van der Waals surface area contributed by atoms with Gasteiger partial charge in [0.05, 0.1) is 0 Å². The number of amides is 1. The first-order valence-corrected chi connectivity index (χ1v) is 4.30. The molecule has 0 fully saturated rings. The van der Waals surface area contributed by atoms with Crippen LogP contribution in [-0.4, -0.2) is 29.2 Å². The number of hydrogen-bond acceptors (Lipinski definition) is 2. The molecule has 0 aliphatic rings. The van der Waals surface area contributed by atoms with Crippen LogP contribution in [0.4, 0.5) is 13.2 Å². The van der Waals surface area contributed by atoms with E-state index in [9.17, 15) is 22.8 Å². The van der Waals surface area contributed by atoms with Crippen molar-refractivity contribution in [2.75, 3.05) is 0 Å². The Balaban J connectivity index is 4.57. The fourth-order valence-electron chi connectivity index (χ4n) is 0.906. The predicted molar refractivity (Wildman–Crippen MR) is 45.1 cm³/mol. The van der Waals surface area contributed by atoms with Gasteiger partial charge >= 0.3 is 18.1 Å². The lowest BCUT2D eigenvalue weighted by atomic mass is 9.99. The third-order valence-electron chi connectivity index (χ3n) is 2.02. The minimum absolute atomic E-state index is 0.356. The Kier molecular flexibility index (Phi) is 4.57. The van der Waals surface area contributed by atoms with Crippen molar-refractivity contribution in [3.05, 3.63) is 0 Å². The molecule has 0 aliphatic heterocycles. The van der Waals surface area contributed by atoms with Gasteiger partial charge < -0.3 is 10.4 Å². The molecule has 0 aromatic heterocycles. The summed E-state index contributed by atoms with van der Waals surface area (Å²) in [6.07, 6.45) is -4.70. The highest BCUT2D eigenvalue weighted by Crippen LogP contribution is 2.16. The molecule has 1 amide bonds. The molecule has 0 unspecified atom stereocenters. The average Bonchev–Trinajstić information content (AvgIpc) is 2.10. The molecule has 0 saturated heterocycles. The van der Waals surface area contributed by atoms with Crippen molar-refractivity contribution in [3.63, 3.8) is 0 Å². The second kappa shape index (κ2) is 4.99. The molecule has 0 saturated carbocycles. The van der Waals surface area contributed by atoms with E-state index in [1.165, 1.54) is 12.2 Å². The molecule has 0 heterocycles. The summed E-state index contributed by atoms with van der Waals surface area (Å²) in [5, 5.41) is 10.1. The van der Waals surface area contributed by atoms with E-state index in [0.29, 0.717) is 6.42 Å². The van der Waals surface area contributed by atoms with Crippen molar-refractivity contribution in [3.8, 4) is 0 Å². The summed E-state index contributed by atoms with van der Waals surface area (Å²) in [5.41, 5.74) is 0. The van der Waals surface area contributed by atoms with Gasteiger partial charge in [-0.05, 0) is 5.92 Å². The normalized spacial score (nSPS) is 15.5. The standard InChI is InChI=1S/C8H12F3NO3/c1-3-4(2)5(6(13)14)12-7(15)8(9,10)11/h4-5H,3H2,1-2H3,(H,12,15)(H,13,14)/t4-,5+/m1/s1. The van der Waals surface area contributed by atoms with Crippen LogP contribution in [0.5, 0.6) is 0 Å². The number of aliphatic carboxylic acids is 1. The maximum atomic E-state index is 11.8. The van der Waals surface area contributed by atoms with E-state index in [4.69, 9.17) is 5.11 Å². The minimum Gasteiger partial charge on any atom is -0.480 e. The van der Waals surface area contributed by atoms with Gasteiger partial charge in [0.1, 0.15) is 6.04 Å². The topological polar surface area (TPSA) is 66.4 Å². The molecule has 2 atom stereocenters. The van der Waals surface area contributed by atoms with Crippen LogP contribution >= 0.6 is 0 Å². The molecule has 7 heteroatoms. The van der Waals surface area contributed by atoms with E-state index >= 15 is 0 Å². The Labute approximate surface area is 84.5 Å². The van der Waals surface area contributed by atoms with Crippen molar-refractivity contribution >= 4 is 11.9 Å². The van der Waals surface area contributed by atoms with Crippen LogP contribution in [0, 0.1) is 5.92 Å². The van der Waals surface area contributed by atoms with E-state index in [0.717, 1.165) is 0 Å². The lowest BCUT2D eigenvalue weighted by Gasteiger charge is -2.20. The van der Waals surface area contributed by atoms with Crippen molar-refractivity contribution in [1.29, 1.82) is 0 Å². The Morgan fingerprint density at radius 2 is 1.87 bits per heavy atom. The molecule has 88 valence electrons. The molecule has 0 rings (SSSR count). The molecule has 0 aliphatic carbocycles. The summed E-state index contributed by atoms with van der Waals surface area (Å²) in [6, 6.07) is -1.51. The number of alkyl halides is 3. The zero-order chi connectivity index (χ0) is 12.2. The summed E-state index contributed by atoms with van der Waals surface area (Å²) in [7, 11) is 0. The molecule has 2 N–H and O–H groups in total. The number of carboxylic acids is 1. The van der Waals surface area contributed by atoms with Crippen LogP contribution in [-0.2, 0) is 9.59 Å². The fourth-order valence-corrected chi connectivity index (χ4v) is 0.906. The van der Waals surface area contributed by atoms with E-state index < -0.39 is 30.0 Å². The van der Waals surface area contributed by atoms with Gasteiger partial charge in [0.15, 0.2) is 0 Å². The molecular formula is C8H12F3NO3. The van der Waals surface area contributed by atoms with Crippen LogP contribution < -0.4 is 5.32 Å². The third-order valence-corrected chi connectivity index (χ3v) is 2.02. The molecule has 4 nitrogen and oxygen atoms in total. The minimum atomic E-state index is -5.05. The van der Waals surface area contributed by atoms with Crippen LogP contribution in [0.2, 0.25) is 0 Å². The summed E-state index contributed by atoms with van der Waals surface area (Å²) in [4.78, 5) is 21.1. The van der Waals surface area contributed by atoms with E-state index in [1.807, 2.05) is 0 Å². The highest BCUT2D eigenvalue weighted by Gasteiger charge is 2.41. The largest absolute Gasteiger partial charge is 0.480 e.